The van der Waals surface area contributed by atoms with Crippen LogP contribution in [0.3, 0.4) is 0 Å². The molecule has 0 saturated heterocycles. The molecule has 0 fully saturated rings. The normalized spacial score (nSPS) is 14.9. The number of halogens is 1. The van der Waals surface area contributed by atoms with Gasteiger partial charge in [0.15, 0.2) is 0 Å². The number of aromatic nitrogens is 1. The number of aromatic amines is 1. The molecular formula is C31H39FN4O5. The van der Waals surface area contributed by atoms with Crippen molar-refractivity contribution in [2.45, 2.75) is 77.9 Å². The lowest BCUT2D eigenvalue weighted by atomic mass is 9.98. The second-order valence-electron chi connectivity index (χ2n) is 12.3. The molecule has 1 aromatic heterocycles. The summed E-state index contributed by atoms with van der Waals surface area (Å²) in [4.78, 5) is 43.6. The number of nitrogens with one attached hydrogen (secondary N) is 3. The standard InChI is InChI=1S/C31H39FN4O5/c1-30(2,3)40-28(38)33-16-20(32)15-21(34-29(39)41-31(4,5)6)18-36-17-19-11-7-8-12-22(19)25-23-13-9-10-14-24(23)35-26(25)27(36)37/h7-14,20-21,35H,15-18H2,1-6H3,(H,33,38)(H,34,39)/t20?,21-/m1/s1. The third-order valence-electron chi connectivity index (χ3n) is 6.42. The number of rotatable bonds is 7. The smallest absolute Gasteiger partial charge is 0.407 e. The molecule has 1 aliphatic rings. The molecule has 2 heterocycles. The Kier molecular flexibility index (Phi) is 8.60. The zero-order valence-corrected chi connectivity index (χ0v) is 24.5. The van der Waals surface area contributed by atoms with Crippen molar-refractivity contribution in [2.24, 2.45) is 0 Å². The number of nitrogens with zero attached hydrogens (tertiary/aromatic N) is 1. The van der Waals surface area contributed by atoms with E-state index in [1.165, 1.54) is 0 Å². The number of H-pyrrole nitrogens is 1. The van der Waals surface area contributed by atoms with Crippen LogP contribution in [0.4, 0.5) is 14.0 Å². The maximum absolute atomic E-state index is 15.2. The Morgan fingerprint density at radius 3 is 2.32 bits per heavy atom. The zero-order valence-electron chi connectivity index (χ0n) is 24.5. The minimum Gasteiger partial charge on any atom is -0.444 e. The van der Waals surface area contributed by atoms with E-state index in [2.05, 4.69) is 15.6 Å². The zero-order chi connectivity index (χ0) is 29.9. The van der Waals surface area contributed by atoms with Crippen LogP contribution in [0.25, 0.3) is 22.0 Å². The highest BCUT2D eigenvalue weighted by atomic mass is 19.1. The van der Waals surface area contributed by atoms with Crippen molar-refractivity contribution in [3.63, 3.8) is 0 Å². The van der Waals surface area contributed by atoms with Gasteiger partial charge in [-0.1, -0.05) is 42.5 Å². The van der Waals surface area contributed by atoms with E-state index in [1.807, 2.05) is 48.5 Å². The number of alkyl halides is 1. The maximum atomic E-state index is 15.2. The second kappa shape index (κ2) is 11.8. The van der Waals surface area contributed by atoms with Crippen LogP contribution in [0.5, 0.6) is 0 Å². The van der Waals surface area contributed by atoms with Crippen LogP contribution >= 0.6 is 0 Å². The molecule has 1 aliphatic heterocycles. The SMILES string of the molecule is CC(C)(C)OC(=O)NCC(F)C[C@H](CN1Cc2ccccc2-c2c([nH]c3ccccc23)C1=O)NC(=O)OC(C)(C)C. The van der Waals surface area contributed by atoms with Crippen LogP contribution in [0.2, 0.25) is 0 Å². The Morgan fingerprint density at radius 2 is 1.61 bits per heavy atom. The highest BCUT2D eigenvalue weighted by Gasteiger charge is 2.32. The van der Waals surface area contributed by atoms with Crippen molar-refractivity contribution < 1.29 is 28.2 Å². The van der Waals surface area contributed by atoms with Crippen molar-refractivity contribution in [1.82, 2.24) is 20.5 Å². The number of benzene rings is 2. The molecule has 1 unspecified atom stereocenters. The number of carbonyl (C=O) groups is 3. The van der Waals surface area contributed by atoms with Gasteiger partial charge in [0.25, 0.3) is 5.91 Å². The van der Waals surface area contributed by atoms with Gasteiger partial charge in [-0.15, -0.1) is 0 Å². The Labute approximate surface area is 239 Å². The van der Waals surface area contributed by atoms with Crippen molar-refractivity contribution in [1.29, 1.82) is 0 Å². The predicted molar refractivity (Wildman–Crippen MR) is 155 cm³/mol. The topological polar surface area (TPSA) is 113 Å². The molecule has 41 heavy (non-hydrogen) atoms. The number of hydrogen-bond acceptors (Lipinski definition) is 5. The first-order valence-corrected chi connectivity index (χ1v) is 13.8. The van der Waals surface area contributed by atoms with Gasteiger partial charge in [-0.25, -0.2) is 14.0 Å². The van der Waals surface area contributed by atoms with E-state index in [0.717, 1.165) is 27.6 Å². The monoisotopic (exact) mass is 566 g/mol. The Hall–Kier alpha value is -4.08. The molecule has 4 rings (SSSR count). The van der Waals surface area contributed by atoms with E-state index in [9.17, 15) is 14.4 Å². The fraction of sp³-hybridized carbons (Fsp3) is 0.452. The molecule has 0 aliphatic carbocycles. The van der Waals surface area contributed by atoms with Crippen molar-refractivity contribution in [3.05, 3.63) is 59.8 Å². The Morgan fingerprint density at radius 1 is 0.976 bits per heavy atom. The Balaban J connectivity index is 1.58. The number of fused-ring (bicyclic) bond motifs is 5. The second-order valence-corrected chi connectivity index (χ2v) is 12.3. The first kappa shape index (κ1) is 29.9. The average molecular weight is 567 g/mol. The molecule has 3 amide bonds. The minimum atomic E-state index is -1.53. The molecule has 10 heteroatoms. The van der Waals surface area contributed by atoms with Crippen LogP contribution < -0.4 is 10.6 Å². The molecule has 0 spiro atoms. The van der Waals surface area contributed by atoms with Crippen molar-refractivity contribution in [2.75, 3.05) is 13.1 Å². The summed E-state index contributed by atoms with van der Waals surface area (Å²) in [7, 11) is 0. The number of carbonyl (C=O) groups excluding carboxylic acids is 3. The highest BCUT2D eigenvalue weighted by Crippen LogP contribution is 2.38. The number of ether oxygens (including phenoxy) is 2. The van der Waals surface area contributed by atoms with E-state index in [-0.39, 0.29) is 32.0 Å². The maximum Gasteiger partial charge on any atom is 0.407 e. The summed E-state index contributed by atoms with van der Waals surface area (Å²) in [5.41, 5.74) is 2.49. The lowest BCUT2D eigenvalue weighted by Gasteiger charge is -2.29. The largest absolute Gasteiger partial charge is 0.444 e. The lowest BCUT2D eigenvalue weighted by molar-refractivity contribution is 0.0446. The van der Waals surface area contributed by atoms with Gasteiger partial charge in [0, 0.05) is 36.0 Å². The van der Waals surface area contributed by atoms with E-state index in [4.69, 9.17) is 9.47 Å². The fourth-order valence-corrected chi connectivity index (χ4v) is 4.89. The molecule has 3 aromatic rings. The van der Waals surface area contributed by atoms with Gasteiger partial charge >= 0.3 is 12.2 Å². The lowest BCUT2D eigenvalue weighted by Crippen LogP contribution is -2.48. The average Bonchev–Trinajstić information content (AvgIpc) is 3.19. The van der Waals surface area contributed by atoms with Crippen LogP contribution in [-0.4, -0.2) is 64.5 Å². The van der Waals surface area contributed by atoms with Crippen LogP contribution in [-0.2, 0) is 16.0 Å². The van der Waals surface area contributed by atoms with Gasteiger partial charge in [0.05, 0.1) is 12.6 Å². The number of para-hydroxylation sites is 1. The number of hydrogen-bond donors (Lipinski definition) is 3. The quantitative estimate of drug-likeness (QED) is 0.328. The molecule has 9 nitrogen and oxygen atoms in total. The van der Waals surface area contributed by atoms with Gasteiger partial charge in [-0.3, -0.25) is 4.79 Å². The van der Waals surface area contributed by atoms with E-state index < -0.39 is 35.6 Å². The van der Waals surface area contributed by atoms with E-state index in [0.29, 0.717) is 5.69 Å². The fourth-order valence-electron chi connectivity index (χ4n) is 4.89. The summed E-state index contributed by atoms with van der Waals surface area (Å²) in [6, 6.07) is 14.7. The Bertz CT molecular complexity index is 1420. The van der Waals surface area contributed by atoms with Gasteiger partial charge < -0.3 is 30.0 Å². The number of amides is 3. The summed E-state index contributed by atoms with van der Waals surface area (Å²) < 4.78 is 25.8. The first-order chi connectivity index (χ1) is 19.2. The molecule has 0 saturated carbocycles. The van der Waals surface area contributed by atoms with Crippen molar-refractivity contribution in [3.8, 4) is 11.1 Å². The highest BCUT2D eigenvalue weighted by molar-refractivity contribution is 6.11. The summed E-state index contributed by atoms with van der Waals surface area (Å²) in [6.07, 6.45) is -3.15. The third kappa shape index (κ3) is 7.77. The van der Waals surface area contributed by atoms with Crippen molar-refractivity contribution >= 4 is 29.0 Å². The van der Waals surface area contributed by atoms with E-state index in [1.54, 1.807) is 46.4 Å². The number of alkyl carbamates (subject to hydrolysis) is 2. The summed E-state index contributed by atoms with van der Waals surface area (Å²) in [5, 5.41) is 6.11. The van der Waals surface area contributed by atoms with Crippen LogP contribution in [0.15, 0.2) is 48.5 Å². The molecule has 0 bridgehead atoms. The van der Waals surface area contributed by atoms with Gasteiger partial charge in [-0.05, 0) is 58.7 Å². The molecular weight excluding hydrogens is 527 g/mol. The summed E-state index contributed by atoms with van der Waals surface area (Å²) >= 11 is 0. The summed E-state index contributed by atoms with van der Waals surface area (Å²) in [5.74, 6) is -0.259. The molecule has 220 valence electrons. The van der Waals surface area contributed by atoms with Gasteiger partial charge in [0.1, 0.15) is 23.1 Å². The van der Waals surface area contributed by atoms with Crippen LogP contribution in [0, 0.1) is 0 Å². The molecule has 3 N–H and O–H groups in total. The molecule has 2 atom stereocenters. The van der Waals surface area contributed by atoms with E-state index >= 15 is 4.39 Å². The van der Waals surface area contributed by atoms with Crippen LogP contribution in [0.1, 0.15) is 64.0 Å². The van der Waals surface area contributed by atoms with Gasteiger partial charge in [-0.2, -0.15) is 0 Å². The predicted octanol–water partition coefficient (Wildman–Crippen LogP) is 5.94. The molecule has 2 aromatic carbocycles. The first-order valence-electron chi connectivity index (χ1n) is 13.8. The van der Waals surface area contributed by atoms with Gasteiger partial charge in [0.2, 0.25) is 0 Å². The summed E-state index contributed by atoms with van der Waals surface area (Å²) in [6.45, 7) is 10.3. The third-order valence-corrected chi connectivity index (χ3v) is 6.42. The molecule has 0 radical (unpaired) electrons. The minimum absolute atomic E-state index is 0.0219.